The zero-order valence-corrected chi connectivity index (χ0v) is 9.34. The number of nitrogens with two attached hydrogens (primary N) is 1. The summed E-state index contributed by atoms with van der Waals surface area (Å²) in [6.07, 6.45) is 4.15. The molecule has 0 spiro atoms. The van der Waals surface area contributed by atoms with Crippen LogP contribution in [-0.4, -0.2) is 30.6 Å². The van der Waals surface area contributed by atoms with Gasteiger partial charge in [-0.1, -0.05) is 20.3 Å². The van der Waals surface area contributed by atoms with Crippen LogP contribution in [-0.2, 0) is 0 Å². The van der Waals surface area contributed by atoms with Crippen molar-refractivity contribution in [3.63, 3.8) is 0 Å². The summed E-state index contributed by atoms with van der Waals surface area (Å²) in [6, 6.07) is 0.287. The highest BCUT2D eigenvalue weighted by molar-refractivity contribution is 4.82. The fraction of sp³-hybridized carbons (Fsp3) is 1.00. The molecule has 1 aliphatic rings. The first-order chi connectivity index (χ1) is 6.02. The van der Waals surface area contributed by atoms with Crippen LogP contribution in [0, 0.1) is 5.41 Å². The van der Waals surface area contributed by atoms with Crippen molar-refractivity contribution in [2.45, 2.75) is 46.1 Å². The normalized spacial score (nSPS) is 23.1. The van der Waals surface area contributed by atoms with Crippen LogP contribution in [0.3, 0.4) is 0 Å². The van der Waals surface area contributed by atoms with Crippen molar-refractivity contribution < 1.29 is 0 Å². The highest BCUT2D eigenvalue weighted by Crippen LogP contribution is 2.22. The van der Waals surface area contributed by atoms with Crippen LogP contribution in [0.2, 0.25) is 0 Å². The van der Waals surface area contributed by atoms with E-state index in [0.29, 0.717) is 0 Å². The third-order valence-corrected chi connectivity index (χ3v) is 3.31. The Kier molecular flexibility index (Phi) is 3.74. The monoisotopic (exact) mass is 184 g/mol. The van der Waals surface area contributed by atoms with E-state index in [0.717, 1.165) is 6.54 Å². The molecule has 0 aromatic carbocycles. The van der Waals surface area contributed by atoms with Crippen LogP contribution in [0.1, 0.15) is 40.0 Å². The Balaban J connectivity index is 2.37. The van der Waals surface area contributed by atoms with E-state index in [-0.39, 0.29) is 11.5 Å². The Morgan fingerprint density at radius 2 is 1.77 bits per heavy atom. The summed E-state index contributed by atoms with van der Waals surface area (Å²) in [5, 5.41) is 0. The summed E-state index contributed by atoms with van der Waals surface area (Å²) in [6.45, 7) is 10.4. The molecule has 78 valence electrons. The highest BCUT2D eigenvalue weighted by atomic mass is 15.1. The van der Waals surface area contributed by atoms with Gasteiger partial charge >= 0.3 is 0 Å². The van der Waals surface area contributed by atoms with Gasteiger partial charge < -0.3 is 10.6 Å². The van der Waals surface area contributed by atoms with Crippen molar-refractivity contribution in [1.29, 1.82) is 0 Å². The second kappa shape index (κ2) is 4.43. The van der Waals surface area contributed by atoms with E-state index in [4.69, 9.17) is 5.73 Å². The molecule has 1 rings (SSSR count). The largest absolute Gasteiger partial charge is 0.327 e. The Hall–Kier alpha value is -0.0800. The lowest BCUT2D eigenvalue weighted by Crippen LogP contribution is -2.45. The maximum atomic E-state index is 5.96. The van der Waals surface area contributed by atoms with Crippen molar-refractivity contribution in [3.05, 3.63) is 0 Å². The molecule has 1 atom stereocenters. The molecule has 2 nitrogen and oxygen atoms in total. The molecule has 0 amide bonds. The van der Waals surface area contributed by atoms with Gasteiger partial charge in [-0.15, -0.1) is 0 Å². The van der Waals surface area contributed by atoms with Gasteiger partial charge in [0.15, 0.2) is 0 Å². The lowest BCUT2D eigenvalue weighted by atomic mass is 9.85. The van der Waals surface area contributed by atoms with Gasteiger partial charge in [-0.25, -0.2) is 0 Å². The number of hydrogen-bond donors (Lipinski definition) is 1. The Bertz CT molecular complexity index is 146. The minimum atomic E-state index is 0.261. The second-order valence-corrected chi connectivity index (χ2v) is 5.11. The predicted octanol–water partition coefficient (Wildman–Crippen LogP) is 1.85. The minimum Gasteiger partial charge on any atom is -0.327 e. The molecule has 0 saturated carbocycles. The molecule has 13 heavy (non-hydrogen) atoms. The van der Waals surface area contributed by atoms with Gasteiger partial charge in [0, 0.05) is 12.6 Å². The summed E-state index contributed by atoms with van der Waals surface area (Å²) >= 11 is 0. The maximum Gasteiger partial charge on any atom is 0.00739 e. The van der Waals surface area contributed by atoms with Gasteiger partial charge in [-0.3, -0.25) is 0 Å². The quantitative estimate of drug-likeness (QED) is 0.725. The Morgan fingerprint density at radius 1 is 1.23 bits per heavy atom. The van der Waals surface area contributed by atoms with Crippen molar-refractivity contribution in [2.24, 2.45) is 11.1 Å². The predicted molar refractivity (Wildman–Crippen MR) is 57.7 cm³/mol. The third-order valence-electron chi connectivity index (χ3n) is 3.31. The van der Waals surface area contributed by atoms with E-state index < -0.39 is 0 Å². The second-order valence-electron chi connectivity index (χ2n) is 5.11. The minimum absolute atomic E-state index is 0.261. The van der Waals surface area contributed by atoms with E-state index in [1.165, 1.54) is 32.4 Å². The first-order valence-corrected chi connectivity index (χ1v) is 5.50. The average molecular weight is 184 g/mol. The van der Waals surface area contributed by atoms with E-state index in [2.05, 4.69) is 25.7 Å². The molecule has 0 aromatic heterocycles. The fourth-order valence-corrected chi connectivity index (χ4v) is 1.84. The van der Waals surface area contributed by atoms with Gasteiger partial charge in [0.05, 0.1) is 0 Å². The molecule has 1 aliphatic heterocycles. The van der Waals surface area contributed by atoms with Crippen LogP contribution in [0.15, 0.2) is 0 Å². The molecule has 0 radical (unpaired) electrons. The number of nitrogens with zero attached hydrogens (tertiary/aromatic N) is 1. The summed E-state index contributed by atoms with van der Waals surface area (Å²) in [5.41, 5.74) is 6.22. The molecule has 0 bridgehead atoms. The van der Waals surface area contributed by atoms with Gasteiger partial charge in [0.25, 0.3) is 0 Å². The molecule has 2 N–H and O–H groups in total. The fourth-order valence-electron chi connectivity index (χ4n) is 1.84. The Labute approximate surface area is 82.5 Å². The van der Waals surface area contributed by atoms with E-state index in [9.17, 15) is 0 Å². The molecule has 2 heteroatoms. The van der Waals surface area contributed by atoms with E-state index >= 15 is 0 Å². The van der Waals surface area contributed by atoms with Crippen LogP contribution >= 0.6 is 0 Å². The lowest BCUT2D eigenvalue weighted by Gasteiger charge is -2.37. The molecular formula is C11H24N2. The third kappa shape index (κ3) is 3.28. The lowest BCUT2D eigenvalue weighted by molar-refractivity contribution is 0.137. The van der Waals surface area contributed by atoms with Crippen molar-refractivity contribution in [3.8, 4) is 0 Å². The molecule has 1 unspecified atom stereocenters. The first kappa shape index (κ1) is 11.0. The SMILES string of the molecule is CC(N)C(C)(C)CN1CCCCC1. The van der Waals surface area contributed by atoms with Gasteiger partial charge in [-0.05, 0) is 38.3 Å². The summed E-state index contributed by atoms with van der Waals surface area (Å²) in [5.74, 6) is 0. The molecular weight excluding hydrogens is 160 g/mol. The van der Waals surface area contributed by atoms with Gasteiger partial charge in [0.1, 0.15) is 0 Å². The van der Waals surface area contributed by atoms with Crippen molar-refractivity contribution >= 4 is 0 Å². The van der Waals surface area contributed by atoms with Gasteiger partial charge in [0.2, 0.25) is 0 Å². The van der Waals surface area contributed by atoms with E-state index in [1.807, 2.05) is 0 Å². The number of likely N-dealkylation sites (tertiary alicyclic amines) is 1. The molecule has 1 fully saturated rings. The maximum absolute atomic E-state index is 5.96. The number of piperidine rings is 1. The number of hydrogen-bond acceptors (Lipinski definition) is 2. The summed E-state index contributed by atoms with van der Waals surface area (Å²) < 4.78 is 0. The first-order valence-electron chi connectivity index (χ1n) is 5.50. The molecule has 0 aromatic rings. The average Bonchev–Trinajstić information content (AvgIpc) is 2.05. The summed E-state index contributed by atoms with van der Waals surface area (Å²) in [7, 11) is 0. The number of rotatable bonds is 3. The molecule has 0 aliphatic carbocycles. The van der Waals surface area contributed by atoms with Crippen LogP contribution < -0.4 is 5.73 Å². The highest BCUT2D eigenvalue weighted by Gasteiger charge is 2.26. The summed E-state index contributed by atoms with van der Waals surface area (Å²) in [4.78, 5) is 2.56. The zero-order valence-electron chi connectivity index (χ0n) is 9.34. The smallest absolute Gasteiger partial charge is 0.00739 e. The molecule has 1 heterocycles. The van der Waals surface area contributed by atoms with Crippen molar-refractivity contribution in [1.82, 2.24) is 4.90 Å². The standard InChI is InChI=1S/C11H24N2/c1-10(12)11(2,3)9-13-7-5-4-6-8-13/h10H,4-9,12H2,1-3H3. The van der Waals surface area contributed by atoms with Crippen LogP contribution in [0.4, 0.5) is 0 Å². The Morgan fingerprint density at radius 3 is 2.23 bits per heavy atom. The van der Waals surface area contributed by atoms with E-state index in [1.54, 1.807) is 0 Å². The zero-order chi connectivity index (χ0) is 9.90. The van der Waals surface area contributed by atoms with Crippen LogP contribution in [0.25, 0.3) is 0 Å². The van der Waals surface area contributed by atoms with Crippen molar-refractivity contribution in [2.75, 3.05) is 19.6 Å². The van der Waals surface area contributed by atoms with Gasteiger partial charge in [-0.2, -0.15) is 0 Å². The molecule has 1 saturated heterocycles. The topological polar surface area (TPSA) is 29.3 Å². The van der Waals surface area contributed by atoms with Crippen LogP contribution in [0.5, 0.6) is 0 Å².